The first-order chi connectivity index (χ1) is 12.6. The number of Topliss-reactive ketones (excluding diaryl/α,β-unsaturated/α-hetero) is 1. The van der Waals surface area contributed by atoms with Crippen molar-refractivity contribution in [1.82, 2.24) is 0 Å². The van der Waals surface area contributed by atoms with E-state index in [0.29, 0.717) is 29.2 Å². The van der Waals surface area contributed by atoms with Gasteiger partial charge in [-0.2, -0.15) is 0 Å². The van der Waals surface area contributed by atoms with Crippen molar-refractivity contribution in [1.29, 1.82) is 0 Å². The number of carbonyl (C=O) groups is 2. The third-order valence-corrected chi connectivity index (χ3v) is 3.91. The molecule has 4 nitrogen and oxygen atoms in total. The number of ketones is 1. The zero-order chi connectivity index (χ0) is 18.4. The third-order valence-electron chi connectivity index (χ3n) is 3.91. The largest absolute Gasteiger partial charge is 0.489 e. The zero-order valence-electron chi connectivity index (χ0n) is 14.4. The number of anilines is 1. The Labute approximate surface area is 152 Å². The van der Waals surface area contributed by atoms with E-state index in [4.69, 9.17) is 4.74 Å². The quantitative estimate of drug-likeness (QED) is 0.658. The van der Waals surface area contributed by atoms with Gasteiger partial charge in [0.15, 0.2) is 5.78 Å². The van der Waals surface area contributed by atoms with Gasteiger partial charge in [-0.05, 0) is 61.0 Å². The molecule has 0 aliphatic heterocycles. The number of amides is 1. The average molecular weight is 345 g/mol. The Hall–Kier alpha value is -3.40. The molecule has 0 aromatic heterocycles. The highest BCUT2D eigenvalue weighted by atomic mass is 16.5. The molecular weight excluding hydrogens is 326 g/mol. The lowest BCUT2D eigenvalue weighted by Gasteiger charge is -2.08. The molecule has 26 heavy (non-hydrogen) atoms. The molecule has 3 aromatic rings. The van der Waals surface area contributed by atoms with Crippen LogP contribution in [0.4, 0.5) is 5.69 Å². The predicted molar refractivity (Wildman–Crippen MR) is 102 cm³/mol. The second-order valence-corrected chi connectivity index (χ2v) is 5.89. The van der Waals surface area contributed by atoms with E-state index >= 15 is 0 Å². The second kappa shape index (κ2) is 8.12. The Morgan fingerprint density at radius 1 is 0.808 bits per heavy atom. The van der Waals surface area contributed by atoms with E-state index in [2.05, 4.69) is 5.32 Å². The molecular formula is C22H19NO3. The SMILES string of the molecule is CC(=O)c1ccc(NC(=O)c2ccc(OCc3ccccc3)cc2)cc1. The summed E-state index contributed by atoms with van der Waals surface area (Å²) in [5.41, 5.74) is 2.88. The summed E-state index contributed by atoms with van der Waals surface area (Å²) >= 11 is 0. The number of carbonyl (C=O) groups excluding carboxylic acids is 2. The van der Waals surface area contributed by atoms with Gasteiger partial charge in [0.05, 0.1) is 0 Å². The molecule has 0 heterocycles. The van der Waals surface area contributed by atoms with Crippen LogP contribution < -0.4 is 10.1 Å². The Balaban J connectivity index is 1.58. The maximum atomic E-state index is 12.3. The van der Waals surface area contributed by atoms with Crippen molar-refractivity contribution in [2.75, 3.05) is 5.32 Å². The van der Waals surface area contributed by atoms with Crippen LogP contribution in [-0.2, 0) is 6.61 Å². The molecule has 0 spiro atoms. The smallest absolute Gasteiger partial charge is 0.255 e. The first-order valence-corrected chi connectivity index (χ1v) is 8.31. The van der Waals surface area contributed by atoms with Crippen molar-refractivity contribution in [3.63, 3.8) is 0 Å². The maximum Gasteiger partial charge on any atom is 0.255 e. The topological polar surface area (TPSA) is 55.4 Å². The van der Waals surface area contributed by atoms with Crippen LogP contribution in [0.5, 0.6) is 5.75 Å². The van der Waals surface area contributed by atoms with Crippen LogP contribution in [0.15, 0.2) is 78.9 Å². The van der Waals surface area contributed by atoms with Crippen molar-refractivity contribution in [2.24, 2.45) is 0 Å². The standard InChI is InChI=1S/C22H19NO3/c1-16(24)18-7-11-20(12-8-18)23-22(25)19-9-13-21(14-10-19)26-15-17-5-3-2-4-6-17/h2-14H,15H2,1H3,(H,23,25). The number of hydrogen-bond donors (Lipinski definition) is 1. The number of benzene rings is 3. The Kier molecular flexibility index (Phi) is 5.44. The molecule has 0 atom stereocenters. The number of rotatable bonds is 6. The summed E-state index contributed by atoms with van der Waals surface area (Å²) in [6, 6.07) is 23.7. The lowest BCUT2D eigenvalue weighted by molar-refractivity contribution is 0.101. The van der Waals surface area contributed by atoms with Crippen LogP contribution in [-0.4, -0.2) is 11.7 Å². The first-order valence-electron chi connectivity index (χ1n) is 8.31. The first kappa shape index (κ1) is 17.4. The number of hydrogen-bond acceptors (Lipinski definition) is 3. The van der Waals surface area contributed by atoms with E-state index < -0.39 is 0 Å². The lowest BCUT2D eigenvalue weighted by Crippen LogP contribution is -2.11. The molecule has 4 heteroatoms. The Morgan fingerprint density at radius 3 is 2.04 bits per heavy atom. The van der Waals surface area contributed by atoms with E-state index in [1.165, 1.54) is 6.92 Å². The van der Waals surface area contributed by atoms with Crippen LogP contribution in [0, 0.1) is 0 Å². The minimum Gasteiger partial charge on any atom is -0.489 e. The Morgan fingerprint density at radius 2 is 1.42 bits per heavy atom. The molecule has 0 saturated carbocycles. The van der Waals surface area contributed by atoms with Gasteiger partial charge in [0.25, 0.3) is 5.91 Å². The monoisotopic (exact) mass is 345 g/mol. The van der Waals surface area contributed by atoms with Gasteiger partial charge in [0.2, 0.25) is 0 Å². The molecule has 0 fully saturated rings. The van der Waals surface area contributed by atoms with Gasteiger partial charge in [0, 0.05) is 16.8 Å². The molecule has 130 valence electrons. The van der Waals surface area contributed by atoms with Crippen molar-refractivity contribution >= 4 is 17.4 Å². The minimum absolute atomic E-state index is 0.00559. The zero-order valence-corrected chi connectivity index (χ0v) is 14.4. The van der Waals surface area contributed by atoms with Crippen LogP contribution in [0.3, 0.4) is 0 Å². The normalized spacial score (nSPS) is 10.2. The van der Waals surface area contributed by atoms with Crippen molar-refractivity contribution in [3.8, 4) is 5.75 Å². The van der Waals surface area contributed by atoms with Crippen molar-refractivity contribution < 1.29 is 14.3 Å². The molecule has 0 unspecified atom stereocenters. The highest BCUT2D eigenvalue weighted by Gasteiger charge is 2.07. The molecule has 1 amide bonds. The summed E-state index contributed by atoms with van der Waals surface area (Å²) in [5, 5.41) is 2.81. The highest BCUT2D eigenvalue weighted by Crippen LogP contribution is 2.16. The third kappa shape index (κ3) is 4.57. The van der Waals surface area contributed by atoms with Crippen LogP contribution in [0.25, 0.3) is 0 Å². The van der Waals surface area contributed by atoms with Gasteiger partial charge in [-0.15, -0.1) is 0 Å². The van der Waals surface area contributed by atoms with Gasteiger partial charge in [-0.25, -0.2) is 0 Å². The van der Waals surface area contributed by atoms with Gasteiger partial charge in [0.1, 0.15) is 12.4 Å². The fourth-order valence-electron chi connectivity index (χ4n) is 2.43. The molecule has 0 bridgehead atoms. The van der Waals surface area contributed by atoms with Gasteiger partial charge in [-0.1, -0.05) is 30.3 Å². The number of ether oxygens (including phenoxy) is 1. The van der Waals surface area contributed by atoms with Gasteiger partial charge < -0.3 is 10.1 Å². The summed E-state index contributed by atoms with van der Waals surface area (Å²) in [7, 11) is 0. The van der Waals surface area contributed by atoms with Crippen molar-refractivity contribution in [3.05, 3.63) is 95.6 Å². The molecule has 0 aliphatic rings. The summed E-state index contributed by atoms with van der Waals surface area (Å²) in [5.74, 6) is 0.486. The summed E-state index contributed by atoms with van der Waals surface area (Å²) in [6.07, 6.45) is 0. The minimum atomic E-state index is -0.213. The van der Waals surface area contributed by atoms with Crippen LogP contribution in [0.2, 0.25) is 0 Å². The van der Waals surface area contributed by atoms with Crippen molar-refractivity contribution in [2.45, 2.75) is 13.5 Å². The molecule has 3 aromatic carbocycles. The van der Waals surface area contributed by atoms with Gasteiger partial charge >= 0.3 is 0 Å². The average Bonchev–Trinajstić information content (AvgIpc) is 2.68. The van der Waals surface area contributed by atoms with E-state index in [1.807, 2.05) is 30.3 Å². The lowest BCUT2D eigenvalue weighted by atomic mass is 10.1. The maximum absolute atomic E-state index is 12.3. The molecule has 0 saturated heterocycles. The Bertz CT molecular complexity index is 885. The van der Waals surface area contributed by atoms with Crippen LogP contribution >= 0.6 is 0 Å². The molecule has 1 N–H and O–H groups in total. The predicted octanol–water partition coefficient (Wildman–Crippen LogP) is 4.72. The highest BCUT2D eigenvalue weighted by molar-refractivity contribution is 6.04. The number of nitrogens with one attached hydrogen (secondary N) is 1. The van der Waals surface area contributed by atoms with E-state index in [1.54, 1.807) is 48.5 Å². The van der Waals surface area contributed by atoms with Crippen LogP contribution in [0.1, 0.15) is 33.2 Å². The van der Waals surface area contributed by atoms with E-state index in [0.717, 1.165) is 5.56 Å². The fourth-order valence-corrected chi connectivity index (χ4v) is 2.43. The van der Waals surface area contributed by atoms with Gasteiger partial charge in [-0.3, -0.25) is 9.59 Å². The second-order valence-electron chi connectivity index (χ2n) is 5.89. The molecule has 0 aliphatic carbocycles. The van der Waals surface area contributed by atoms with E-state index in [-0.39, 0.29) is 11.7 Å². The summed E-state index contributed by atoms with van der Waals surface area (Å²) in [6.45, 7) is 1.99. The molecule has 3 rings (SSSR count). The fraction of sp³-hybridized carbons (Fsp3) is 0.0909. The summed E-state index contributed by atoms with van der Waals surface area (Å²) < 4.78 is 5.72. The summed E-state index contributed by atoms with van der Waals surface area (Å²) in [4.78, 5) is 23.6. The molecule has 0 radical (unpaired) electrons. The van der Waals surface area contributed by atoms with E-state index in [9.17, 15) is 9.59 Å².